The Morgan fingerprint density at radius 3 is 2.76 bits per heavy atom. The Morgan fingerprint density at radius 2 is 2.06 bits per heavy atom. The van der Waals surface area contributed by atoms with Gasteiger partial charge >= 0.3 is 0 Å². The molecule has 0 aliphatic rings. The smallest absolute Gasteiger partial charge is 0.152 e. The molecule has 0 amide bonds. The maximum Gasteiger partial charge on any atom is 0.152 e. The Balaban J connectivity index is 2.10. The maximum atomic E-state index is 12.9. The zero-order chi connectivity index (χ0) is 12.3. The monoisotopic (exact) mass is 359 g/mol. The summed E-state index contributed by atoms with van der Waals surface area (Å²) >= 11 is 6.58. The molecule has 0 spiro atoms. The molecular weight excluding hydrogens is 353 g/mol. The summed E-state index contributed by atoms with van der Waals surface area (Å²) in [5.74, 6) is 0.381. The maximum absolute atomic E-state index is 12.9. The van der Waals surface area contributed by atoms with Crippen LogP contribution in [0.1, 0.15) is 5.56 Å². The van der Waals surface area contributed by atoms with Crippen molar-refractivity contribution < 1.29 is 9.13 Å². The normalized spacial score (nSPS) is 10.3. The van der Waals surface area contributed by atoms with Crippen LogP contribution in [0.25, 0.3) is 0 Å². The summed E-state index contributed by atoms with van der Waals surface area (Å²) in [7, 11) is 0. The van der Waals surface area contributed by atoms with Crippen molar-refractivity contribution in [3.8, 4) is 5.75 Å². The molecule has 0 N–H and O–H groups in total. The first kappa shape index (κ1) is 12.5. The molecule has 5 heteroatoms. The van der Waals surface area contributed by atoms with Gasteiger partial charge in [-0.05, 0) is 40.2 Å². The van der Waals surface area contributed by atoms with Gasteiger partial charge in [-0.15, -0.1) is 0 Å². The molecule has 0 aliphatic carbocycles. The first-order chi connectivity index (χ1) is 8.16. The molecule has 0 saturated carbocycles. The van der Waals surface area contributed by atoms with Crippen LogP contribution in [0.4, 0.5) is 4.39 Å². The van der Waals surface area contributed by atoms with Gasteiger partial charge in [0.05, 0.1) is 0 Å². The van der Waals surface area contributed by atoms with Crippen LogP contribution in [0.15, 0.2) is 45.6 Å². The minimum absolute atomic E-state index is 0.275. The molecule has 2 aromatic rings. The van der Waals surface area contributed by atoms with Crippen molar-refractivity contribution in [3.05, 3.63) is 57.0 Å². The van der Waals surface area contributed by atoms with Gasteiger partial charge in [-0.2, -0.15) is 0 Å². The molecule has 1 heterocycles. The molecule has 0 unspecified atom stereocenters. The van der Waals surface area contributed by atoms with Crippen molar-refractivity contribution in [2.24, 2.45) is 0 Å². The minimum Gasteiger partial charge on any atom is -0.486 e. The fraction of sp³-hybridized carbons (Fsp3) is 0.0833. The fourth-order valence-corrected chi connectivity index (χ4v) is 2.10. The summed E-state index contributed by atoms with van der Waals surface area (Å²) in [4.78, 5) is 4.05. The number of ether oxygens (including phenoxy) is 1. The number of benzene rings is 1. The van der Waals surface area contributed by atoms with Crippen LogP contribution in [0.2, 0.25) is 0 Å². The molecule has 0 bridgehead atoms. The third kappa shape index (κ3) is 3.26. The van der Waals surface area contributed by atoms with Crippen molar-refractivity contribution >= 4 is 31.9 Å². The minimum atomic E-state index is -0.275. The van der Waals surface area contributed by atoms with E-state index in [4.69, 9.17) is 4.74 Å². The topological polar surface area (TPSA) is 22.1 Å². The van der Waals surface area contributed by atoms with Crippen LogP contribution in [-0.2, 0) is 6.61 Å². The predicted octanol–water partition coefficient (Wildman–Crippen LogP) is 4.32. The van der Waals surface area contributed by atoms with E-state index >= 15 is 0 Å². The van der Waals surface area contributed by atoms with Gasteiger partial charge in [-0.3, -0.25) is 0 Å². The molecule has 88 valence electrons. The second-order valence-corrected chi connectivity index (χ2v) is 4.92. The molecule has 0 atom stereocenters. The van der Waals surface area contributed by atoms with Gasteiger partial charge in [0, 0.05) is 16.2 Å². The number of rotatable bonds is 3. The van der Waals surface area contributed by atoms with Crippen molar-refractivity contribution in [2.75, 3.05) is 0 Å². The lowest BCUT2D eigenvalue weighted by atomic mass is 10.2. The quantitative estimate of drug-likeness (QED) is 0.760. The second-order valence-electron chi connectivity index (χ2n) is 3.32. The van der Waals surface area contributed by atoms with Crippen molar-refractivity contribution in [2.45, 2.75) is 6.61 Å². The molecule has 1 aromatic carbocycles. The van der Waals surface area contributed by atoms with Crippen LogP contribution in [0.3, 0.4) is 0 Å². The second kappa shape index (κ2) is 5.60. The summed E-state index contributed by atoms with van der Waals surface area (Å²) in [6.07, 6.45) is 1.67. The Labute approximate surface area is 115 Å². The molecule has 2 nitrogen and oxygen atoms in total. The van der Waals surface area contributed by atoms with Crippen LogP contribution < -0.4 is 4.74 Å². The average molecular weight is 361 g/mol. The predicted molar refractivity (Wildman–Crippen MR) is 70.4 cm³/mol. The molecule has 0 fully saturated rings. The van der Waals surface area contributed by atoms with Gasteiger partial charge in [0.25, 0.3) is 0 Å². The summed E-state index contributed by atoms with van der Waals surface area (Å²) in [5.41, 5.74) is 0.877. The lowest BCUT2D eigenvalue weighted by Crippen LogP contribution is -1.98. The van der Waals surface area contributed by atoms with Gasteiger partial charge in [-0.25, -0.2) is 9.37 Å². The summed E-state index contributed by atoms with van der Waals surface area (Å²) in [6, 6.07) is 8.11. The summed E-state index contributed by atoms with van der Waals surface area (Å²) in [6.45, 7) is 0.352. The molecule has 0 radical (unpaired) electrons. The molecule has 17 heavy (non-hydrogen) atoms. The fourth-order valence-electron chi connectivity index (χ4n) is 1.27. The van der Waals surface area contributed by atoms with E-state index in [-0.39, 0.29) is 5.82 Å². The summed E-state index contributed by atoms with van der Waals surface area (Å²) < 4.78 is 19.8. The highest BCUT2D eigenvalue weighted by atomic mass is 79.9. The van der Waals surface area contributed by atoms with Gasteiger partial charge in [-0.1, -0.05) is 22.0 Å². The lowest BCUT2D eigenvalue weighted by molar-refractivity contribution is 0.302. The molecular formula is C12H8Br2FNO. The molecule has 0 saturated heterocycles. The SMILES string of the molecule is Fc1ccc(COc2cccnc2Br)c(Br)c1. The third-order valence-electron chi connectivity index (χ3n) is 2.12. The lowest BCUT2D eigenvalue weighted by Gasteiger charge is -2.08. The highest BCUT2D eigenvalue weighted by Gasteiger charge is 2.05. The number of aromatic nitrogens is 1. The Morgan fingerprint density at radius 1 is 1.24 bits per heavy atom. The van der Waals surface area contributed by atoms with Crippen molar-refractivity contribution in [1.29, 1.82) is 0 Å². The first-order valence-electron chi connectivity index (χ1n) is 4.84. The van der Waals surface area contributed by atoms with E-state index in [1.165, 1.54) is 12.1 Å². The van der Waals surface area contributed by atoms with Gasteiger partial charge in [0.15, 0.2) is 5.75 Å². The van der Waals surface area contributed by atoms with Crippen molar-refractivity contribution in [3.63, 3.8) is 0 Å². The van der Waals surface area contributed by atoms with Crippen LogP contribution in [0.5, 0.6) is 5.75 Å². The van der Waals surface area contributed by atoms with E-state index < -0.39 is 0 Å². The Hall–Kier alpha value is -0.940. The molecule has 2 rings (SSSR count). The van der Waals surface area contributed by atoms with E-state index in [9.17, 15) is 4.39 Å². The number of nitrogens with zero attached hydrogens (tertiary/aromatic N) is 1. The number of halogens is 3. The van der Waals surface area contributed by atoms with Crippen LogP contribution >= 0.6 is 31.9 Å². The molecule has 1 aromatic heterocycles. The first-order valence-corrected chi connectivity index (χ1v) is 6.42. The van der Waals surface area contributed by atoms with Gasteiger partial charge in [0.2, 0.25) is 0 Å². The van der Waals surface area contributed by atoms with E-state index in [1.807, 2.05) is 6.07 Å². The van der Waals surface area contributed by atoms with Gasteiger partial charge in [0.1, 0.15) is 17.0 Å². The Kier molecular flexibility index (Phi) is 4.12. The van der Waals surface area contributed by atoms with Crippen molar-refractivity contribution in [1.82, 2.24) is 4.98 Å². The number of hydrogen-bond donors (Lipinski definition) is 0. The van der Waals surface area contributed by atoms with E-state index in [1.54, 1.807) is 18.3 Å². The largest absolute Gasteiger partial charge is 0.486 e. The zero-order valence-corrected chi connectivity index (χ0v) is 11.8. The third-order valence-corrected chi connectivity index (χ3v) is 3.46. The van der Waals surface area contributed by atoms with E-state index in [2.05, 4.69) is 36.8 Å². The molecule has 0 aliphatic heterocycles. The zero-order valence-electron chi connectivity index (χ0n) is 8.66. The standard InChI is InChI=1S/C12H8Br2FNO/c13-10-6-9(15)4-3-8(10)7-17-11-2-1-5-16-12(11)14/h1-6H,7H2. The van der Waals surface area contributed by atoms with E-state index in [0.717, 1.165) is 5.56 Å². The number of pyridine rings is 1. The summed E-state index contributed by atoms with van der Waals surface area (Å²) in [5, 5.41) is 0. The highest BCUT2D eigenvalue weighted by Crippen LogP contribution is 2.24. The average Bonchev–Trinajstić information content (AvgIpc) is 2.30. The van der Waals surface area contributed by atoms with E-state index in [0.29, 0.717) is 21.4 Å². The van der Waals surface area contributed by atoms with Crippen LogP contribution in [-0.4, -0.2) is 4.98 Å². The van der Waals surface area contributed by atoms with Gasteiger partial charge < -0.3 is 4.74 Å². The van der Waals surface area contributed by atoms with Crippen LogP contribution in [0, 0.1) is 5.82 Å². The highest BCUT2D eigenvalue weighted by molar-refractivity contribution is 9.10. The Bertz CT molecular complexity index is 534. The number of hydrogen-bond acceptors (Lipinski definition) is 2.